The van der Waals surface area contributed by atoms with Gasteiger partial charge in [0.2, 0.25) is 0 Å². The standard InChI is InChI=1S/C18H16F2N2O2S/c1-24-9-8-22-17(23)14-4-2-3-5-16(14)21-18(22)25-11-12-6-7-13(19)10-15(12)20/h2-7,10H,8-9,11H2,1H3. The van der Waals surface area contributed by atoms with Crippen LogP contribution in [0.1, 0.15) is 5.56 Å². The molecule has 0 radical (unpaired) electrons. The minimum Gasteiger partial charge on any atom is -0.383 e. The molecular weight excluding hydrogens is 346 g/mol. The second-order valence-electron chi connectivity index (χ2n) is 5.39. The summed E-state index contributed by atoms with van der Waals surface area (Å²) < 4.78 is 33.4. The molecule has 0 saturated heterocycles. The number of hydrogen-bond donors (Lipinski definition) is 0. The highest BCUT2D eigenvalue weighted by Gasteiger charge is 2.13. The third-order valence-electron chi connectivity index (χ3n) is 3.72. The van der Waals surface area contributed by atoms with E-state index in [9.17, 15) is 13.6 Å². The average molecular weight is 362 g/mol. The number of hydrogen-bond acceptors (Lipinski definition) is 4. The molecule has 1 heterocycles. The molecule has 2 aromatic carbocycles. The molecule has 3 rings (SSSR count). The molecule has 0 fully saturated rings. The zero-order chi connectivity index (χ0) is 17.8. The molecule has 0 saturated carbocycles. The fraction of sp³-hybridized carbons (Fsp3) is 0.222. The van der Waals surface area contributed by atoms with E-state index in [1.165, 1.54) is 28.5 Å². The van der Waals surface area contributed by atoms with Crippen LogP contribution in [0.5, 0.6) is 0 Å². The summed E-state index contributed by atoms with van der Waals surface area (Å²) in [6.45, 7) is 0.708. The molecule has 25 heavy (non-hydrogen) atoms. The largest absolute Gasteiger partial charge is 0.383 e. The van der Waals surface area contributed by atoms with E-state index in [-0.39, 0.29) is 11.3 Å². The van der Waals surface area contributed by atoms with Gasteiger partial charge in [0, 0.05) is 18.9 Å². The maximum absolute atomic E-state index is 13.8. The van der Waals surface area contributed by atoms with E-state index < -0.39 is 11.6 Å². The van der Waals surface area contributed by atoms with Gasteiger partial charge in [0.25, 0.3) is 5.56 Å². The molecule has 7 heteroatoms. The molecular formula is C18H16F2N2O2S. The van der Waals surface area contributed by atoms with Gasteiger partial charge in [-0.15, -0.1) is 0 Å². The van der Waals surface area contributed by atoms with Crippen molar-refractivity contribution < 1.29 is 13.5 Å². The summed E-state index contributed by atoms with van der Waals surface area (Å²) in [6.07, 6.45) is 0. The highest BCUT2D eigenvalue weighted by atomic mass is 32.2. The van der Waals surface area contributed by atoms with Crippen LogP contribution in [0.25, 0.3) is 10.9 Å². The van der Waals surface area contributed by atoms with Gasteiger partial charge < -0.3 is 4.74 Å². The number of nitrogens with zero attached hydrogens (tertiary/aromatic N) is 2. The van der Waals surface area contributed by atoms with Crippen LogP contribution in [-0.2, 0) is 17.0 Å². The van der Waals surface area contributed by atoms with Gasteiger partial charge in [-0.3, -0.25) is 9.36 Å². The van der Waals surface area contributed by atoms with Gasteiger partial charge in [0.1, 0.15) is 11.6 Å². The number of benzene rings is 2. The van der Waals surface area contributed by atoms with Crippen molar-refractivity contribution in [2.75, 3.05) is 13.7 Å². The molecule has 0 aliphatic carbocycles. The SMILES string of the molecule is COCCn1c(SCc2ccc(F)cc2F)nc2ccccc2c1=O. The molecule has 0 N–H and O–H groups in total. The van der Waals surface area contributed by atoms with Gasteiger partial charge in [-0.1, -0.05) is 30.0 Å². The van der Waals surface area contributed by atoms with Crippen molar-refractivity contribution in [2.24, 2.45) is 0 Å². The van der Waals surface area contributed by atoms with Crippen molar-refractivity contribution in [2.45, 2.75) is 17.5 Å². The molecule has 0 bridgehead atoms. The number of para-hydroxylation sites is 1. The Balaban J connectivity index is 1.97. The summed E-state index contributed by atoms with van der Waals surface area (Å²) in [5, 5.41) is 1.00. The lowest BCUT2D eigenvalue weighted by Gasteiger charge is -2.13. The number of rotatable bonds is 6. The van der Waals surface area contributed by atoms with Gasteiger partial charge in [-0.2, -0.15) is 0 Å². The summed E-state index contributed by atoms with van der Waals surface area (Å²) >= 11 is 1.23. The Kier molecular flexibility index (Phi) is 5.45. The Morgan fingerprint density at radius 2 is 2.00 bits per heavy atom. The van der Waals surface area contributed by atoms with Crippen LogP contribution in [0.4, 0.5) is 8.78 Å². The number of halogens is 2. The lowest BCUT2D eigenvalue weighted by Crippen LogP contribution is -2.25. The van der Waals surface area contributed by atoms with Crippen LogP contribution in [0.15, 0.2) is 52.4 Å². The van der Waals surface area contributed by atoms with Crippen LogP contribution in [-0.4, -0.2) is 23.3 Å². The van der Waals surface area contributed by atoms with E-state index in [0.29, 0.717) is 34.8 Å². The average Bonchev–Trinajstić information content (AvgIpc) is 2.60. The highest BCUT2D eigenvalue weighted by Crippen LogP contribution is 2.24. The van der Waals surface area contributed by atoms with Crippen LogP contribution in [0.2, 0.25) is 0 Å². The summed E-state index contributed by atoms with van der Waals surface area (Å²) in [7, 11) is 1.56. The number of thioether (sulfide) groups is 1. The fourth-order valence-corrected chi connectivity index (χ4v) is 3.43. The highest BCUT2D eigenvalue weighted by molar-refractivity contribution is 7.98. The lowest BCUT2D eigenvalue weighted by molar-refractivity contribution is 0.183. The first-order chi connectivity index (χ1) is 12.1. The molecule has 0 amide bonds. The van der Waals surface area contributed by atoms with Crippen LogP contribution in [0, 0.1) is 11.6 Å². The molecule has 0 spiro atoms. The van der Waals surface area contributed by atoms with E-state index in [1.54, 1.807) is 25.3 Å². The predicted molar refractivity (Wildman–Crippen MR) is 93.8 cm³/mol. The van der Waals surface area contributed by atoms with Gasteiger partial charge in [0.15, 0.2) is 5.16 Å². The maximum Gasteiger partial charge on any atom is 0.262 e. The van der Waals surface area contributed by atoms with Crippen molar-refractivity contribution in [1.82, 2.24) is 9.55 Å². The normalized spacial score (nSPS) is 11.2. The van der Waals surface area contributed by atoms with Crippen molar-refractivity contribution in [3.63, 3.8) is 0 Å². The van der Waals surface area contributed by atoms with E-state index in [0.717, 1.165) is 6.07 Å². The number of fused-ring (bicyclic) bond motifs is 1. The first kappa shape index (κ1) is 17.6. The third kappa shape index (κ3) is 3.88. The van der Waals surface area contributed by atoms with Gasteiger partial charge in [-0.05, 0) is 23.8 Å². The number of methoxy groups -OCH3 is 1. The Morgan fingerprint density at radius 1 is 1.20 bits per heavy atom. The Morgan fingerprint density at radius 3 is 2.76 bits per heavy atom. The van der Waals surface area contributed by atoms with E-state index in [4.69, 9.17) is 4.74 Å². The number of aromatic nitrogens is 2. The molecule has 0 unspecified atom stereocenters. The van der Waals surface area contributed by atoms with Crippen molar-refractivity contribution >= 4 is 22.7 Å². The molecule has 1 aromatic heterocycles. The van der Waals surface area contributed by atoms with E-state index >= 15 is 0 Å². The summed E-state index contributed by atoms with van der Waals surface area (Å²) in [4.78, 5) is 17.2. The first-order valence-electron chi connectivity index (χ1n) is 7.65. The zero-order valence-corrected chi connectivity index (χ0v) is 14.4. The molecule has 130 valence electrons. The maximum atomic E-state index is 13.8. The van der Waals surface area contributed by atoms with Crippen molar-refractivity contribution in [1.29, 1.82) is 0 Å². The smallest absolute Gasteiger partial charge is 0.262 e. The lowest BCUT2D eigenvalue weighted by atomic mass is 10.2. The molecule has 0 atom stereocenters. The zero-order valence-electron chi connectivity index (χ0n) is 13.5. The Labute approximate surface area is 147 Å². The molecule has 0 aliphatic rings. The van der Waals surface area contributed by atoms with Gasteiger partial charge in [-0.25, -0.2) is 13.8 Å². The molecule has 0 aliphatic heterocycles. The van der Waals surface area contributed by atoms with Crippen LogP contribution < -0.4 is 5.56 Å². The summed E-state index contributed by atoms with van der Waals surface area (Å²) in [5.41, 5.74) is 0.778. The van der Waals surface area contributed by atoms with Crippen molar-refractivity contribution in [3.8, 4) is 0 Å². The van der Waals surface area contributed by atoms with Gasteiger partial charge >= 0.3 is 0 Å². The molecule has 3 aromatic rings. The first-order valence-corrected chi connectivity index (χ1v) is 8.64. The monoisotopic (exact) mass is 362 g/mol. The quantitative estimate of drug-likeness (QED) is 0.496. The minimum atomic E-state index is -0.618. The number of ether oxygens (including phenoxy) is 1. The Bertz CT molecular complexity index is 959. The molecule has 4 nitrogen and oxygen atoms in total. The van der Waals surface area contributed by atoms with Gasteiger partial charge in [0.05, 0.1) is 24.1 Å². The second kappa shape index (κ2) is 7.76. The van der Waals surface area contributed by atoms with E-state index in [1.807, 2.05) is 6.07 Å². The summed E-state index contributed by atoms with van der Waals surface area (Å²) in [6, 6.07) is 10.5. The summed E-state index contributed by atoms with van der Waals surface area (Å²) in [5.74, 6) is -0.990. The van der Waals surface area contributed by atoms with E-state index in [2.05, 4.69) is 4.98 Å². The predicted octanol–water partition coefficient (Wildman–Crippen LogP) is 3.61. The van der Waals surface area contributed by atoms with Crippen molar-refractivity contribution in [3.05, 3.63) is 70.0 Å². The fourth-order valence-electron chi connectivity index (χ4n) is 2.42. The minimum absolute atomic E-state index is 0.162. The third-order valence-corrected chi connectivity index (χ3v) is 4.74. The second-order valence-corrected chi connectivity index (χ2v) is 6.33. The van der Waals surface area contributed by atoms with Crippen LogP contribution >= 0.6 is 11.8 Å². The van der Waals surface area contributed by atoms with Crippen LogP contribution in [0.3, 0.4) is 0 Å². The Hall–Kier alpha value is -2.25. The topological polar surface area (TPSA) is 44.1 Å².